The SMILES string of the molecule is CNCc1cc(C)c(OCCc2cccnc2)c(C)c1. The van der Waals surface area contributed by atoms with Gasteiger partial charge in [0.2, 0.25) is 0 Å². The number of nitrogens with zero attached hydrogens (tertiary/aromatic N) is 1. The van der Waals surface area contributed by atoms with Gasteiger partial charge in [-0.2, -0.15) is 0 Å². The third-order valence-electron chi connectivity index (χ3n) is 3.26. The van der Waals surface area contributed by atoms with Crippen molar-refractivity contribution in [2.75, 3.05) is 13.7 Å². The van der Waals surface area contributed by atoms with Gasteiger partial charge < -0.3 is 10.1 Å². The van der Waals surface area contributed by atoms with Gasteiger partial charge in [0.25, 0.3) is 0 Å². The van der Waals surface area contributed by atoms with E-state index in [4.69, 9.17) is 4.74 Å². The monoisotopic (exact) mass is 270 g/mol. The van der Waals surface area contributed by atoms with Crippen molar-refractivity contribution >= 4 is 0 Å². The zero-order valence-electron chi connectivity index (χ0n) is 12.4. The van der Waals surface area contributed by atoms with Gasteiger partial charge in [0, 0.05) is 25.4 Å². The summed E-state index contributed by atoms with van der Waals surface area (Å²) < 4.78 is 5.96. The normalized spacial score (nSPS) is 10.6. The van der Waals surface area contributed by atoms with E-state index < -0.39 is 0 Å². The predicted octanol–water partition coefficient (Wildman–Crippen LogP) is 3.04. The Morgan fingerprint density at radius 2 is 1.90 bits per heavy atom. The Morgan fingerprint density at radius 1 is 1.15 bits per heavy atom. The van der Waals surface area contributed by atoms with Crippen molar-refractivity contribution in [1.29, 1.82) is 0 Å². The number of hydrogen-bond donors (Lipinski definition) is 1. The second kappa shape index (κ2) is 7.06. The van der Waals surface area contributed by atoms with Gasteiger partial charge >= 0.3 is 0 Å². The van der Waals surface area contributed by atoms with Crippen molar-refractivity contribution in [3.8, 4) is 5.75 Å². The van der Waals surface area contributed by atoms with Crippen molar-refractivity contribution in [3.63, 3.8) is 0 Å². The molecule has 0 aliphatic carbocycles. The zero-order valence-corrected chi connectivity index (χ0v) is 12.4. The van der Waals surface area contributed by atoms with Crippen LogP contribution in [0.15, 0.2) is 36.7 Å². The lowest BCUT2D eigenvalue weighted by Crippen LogP contribution is -2.08. The van der Waals surface area contributed by atoms with Crippen molar-refractivity contribution in [2.24, 2.45) is 0 Å². The molecule has 3 heteroatoms. The molecule has 0 radical (unpaired) electrons. The quantitative estimate of drug-likeness (QED) is 0.876. The molecular weight excluding hydrogens is 248 g/mol. The number of rotatable bonds is 6. The molecule has 0 saturated carbocycles. The van der Waals surface area contributed by atoms with Gasteiger partial charge in [-0.1, -0.05) is 18.2 Å². The smallest absolute Gasteiger partial charge is 0.125 e. The van der Waals surface area contributed by atoms with Gasteiger partial charge in [-0.05, 0) is 49.2 Å². The molecule has 0 amide bonds. The summed E-state index contributed by atoms with van der Waals surface area (Å²) in [7, 11) is 1.96. The molecule has 0 saturated heterocycles. The van der Waals surface area contributed by atoms with Gasteiger partial charge in [-0.3, -0.25) is 4.98 Å². The molecule has 106 valence electrons. The second-order valence-electron chi connectivity index (χ2n) is 5.05. The predicted molar refractivity (Wildman–Crippen MR) is 82.1 cm³/mol. The number of pyridine rings is 1. The van der Waals surface area contributed by atoms with Crippen LogP contribution in [0.5, 0.6) is 5.75 Å². The van der Waals surface area contributed by atoms with Gasteiger partial charge in [-0.25, -0.2) is 0 Å². The van der Waals surface area contributed by atoms with Crippen LogP contribution in [0, 0.1) is 13.8 Å². The fourth-order valence-electron chi connectivity index (χ4n) is 2.39. The minimum Gasteiger partial charge on any atom is -0.493 e. The molecule has 0 atom stereocenters. The van der Waals surface area contributed by atoms with E-state index in [2.05, 4.69) is 42.3 Å². The molecular formula is C17H22N2O. The first-order valence-corrected chi connectivity index (χ1v) is 6.97. The van der Waals surface area contributed by atoms with Crippen molar-refractivity contribution in [1.82, 2.24) is 10.3 Å². The molecule has 0 bridgehead atoms. The third-order valence-corrected chi connectivity index (χ3v) is 3.26. The summed E-state index contributed by atoms with van der Waals surface area (Å²) in [5.74, 6) is 1.01. The second-order valence-corrected chi connectivity index (χ2v) is 5.05. The molecule has 0 unspecified atom stereocenters. The third kappa shape index (κ3) is 3.81. The Balaban J connectivity index is 1.99. The molecule has 2 aromatic rings. The van der Waals surface area contributed by atoms with Crippen LogP contribution in [-0.2, 0) is 13.0 Å². The summed E-state index contributed by atoms with van der Waals surface area (Å²) in [5, 5.41) is 3.17. The number of nitrogens with one attached hydrogen (secondary N) is 1. The molecule has 1 aromatic heterocycles. The molecule has 2 rings (SSSR count). The van der Waals surface area contributed by atoms with Crippen LogP contribution in [-0.4, -0.2) is 18.6 Å². The number of aromatic nitrogens is 1. The maximum Gasteiger partial charge on any atom is 0.125 e. The van der Waals surface area contributed by atoms with Crippen LogP contribution < -0.4 is 10.1 Å². The summed E-state index contributed by atoms with van der Waals surface area (Å²) in [5.41, 5.74) is 4.89. The van der Waals surface area contributed by atoms with Crippen LogP contribution in [0.25, 0.3) is 0 Å². The minimum absolute atomic E-state index is 0.679. The van der Waals surface area contributed by atoms with Crippen molar-refractivity contribution in [3.05, 3.63) is 58.9 Å². The number of benzene rings is 1. The van der Waals surface area contributed by atoms with E-state index in [1.165, 1.54) is 22.3 Å². The zero-order chi connectivity index (χ0) is 14.4. The molecule has 20 heavy (non-hydrogen) atoms. The molecule has 3 nitrogen and oxygen atoms in total. The number of hydrogen-bond acceptors (Lipinski definition) is 3. The van der Waals surface area contributed by atoms with E-state index in [9.17, 15) is 0 Å². The standard InChI is InChI=1S/C17H22N2O/c1-13-9-16(11-18-3)10-14(2)17(13)20-8-6-15-5-4-7-19-12-15/h4-5,7,9-10,12,18H,6,8,11H2,1-3H3. The Labute approximate surface area is 121 Å². The van der Waals surface area contributed by atoms with E-state index >= 15 is 0 Å². The van der Waals surface area contributed by atoms with E-state index in [1.54, 1.807) is 6.20 Å². The highest BCUT2D eigenvalue weighted by Gasteiger charge is 2.06. The molecule has 0 spiro atoms. The first kappa shape index (κ1) is 14.5. The molecule has 1 heterocycles. The van der Waals surface area contributed by atoms with Crippen molar-refractivity contribution in [2.45, 2.75) is 26.8 Å². The van der Waals surface area contributed by atoms with Crippen LogP contribution in [0.4, 0.5) is 0 Å². The van der Waals surface area contributed by atoms with Crippen LogP contribution >= 0.6 is 0 Å². The summed E-state index contributed by atoms with van der Waals surface area (Å²) in [6, 6.07) is 8.40. The average molecular weight is 270 g/mol. The molecule has 1 aromatic carbocycles. The fraction of sp³-hybridized carbons (Fsp3) is 0.353. The molecule has 0 aliphatic heterocycles. The number of ether oxygens (including phenoxy) is 1. The molecule has 0 aliphatic rings. The van der Waals surface area contributed by atoms with E-state index in [1.807, 2.05) is 19.3 Å². The van der Waals surface area contributed by atoms with Crippen LogP contribution in [0.3, 0.4) is 0 Å². The highest BCUT2D eigenvalue weighted by molar-refractivity contribution is 5.43. The lowest BCUT2D eigenvalue weighted by atomic mass is 10.1. The summed E-state index contributed by atoms with van der Waals surface area (Å²) in [4.78, 5) is 4.12. The van der Waals surface area contributed by atoms with Gasteiger partial charge in [0.05, 0.1) is 6.61 Å². The first-order chi connectivity index (χ1) is 9.70. The Morgan fingerprint density at radius 3 is 2.50 bits per heavy atom. The Bertz CT molecular complexity index is 529. The highest BCUT2D eigenvalue weighted by atomic mass is 16.5. The Kier molecular flexibility index (Phi) is 5.13. The average Bonchev–Trinajstić information content (AvgIpc) is 2.43. The van der Waals surface area contributed by atoms with Gasteiger partial charge in [-0.15, -0.1) is 0 Å². The minimum atomic E-state index is 0.679. The maximum absolute atomic E-state index is 5.96. The summed E-state index contributed by atoms with van der Waals surface area (Å²) in [6.07, 6.45) is 4.56. The van der Waals surface area contributed by atoms with Gasteiger partial charge in [0.15, 0.2) is 0 Å². The fourth-order valence-corrected chi connectivity index (χ4v) is 2.39. The Hall–Kier alpha value is -1.87. The summed E-state index contributed by atoms with van der Waals surface area (Å²) >= 11 is 0. The van der Waals surface area contributed by atoms with Crippen molar-refractivity contribution < 1.29 is 4.74 Å². The van der Waals surface area contributed by atoms with E-state index in [-0.39, 0.29) is 0 Å². The molecule has 0 fully saturated rings. The maximum atomic E-state index is 5.96. The lowest BCUT2D eigenvalue weighted by Gasteiger charge is -2.14. The van der Waals surface area contributed by atoms with E-state index in [0.29, 0.717) is 6.61 Å². The summed E-state index contributed by atoms with van der Waals surface area (Å²) in [6.45, 7) is 5.77. The molecule has 1 N–H and O–H groups in total. The lowest BCUT2D eigenvalue weighted by molar-refractivity contribution is 0.317. The van der Waals surface area contributed by atoms with Gasteiger partial charge in [0.1, 0.15) is 5.75 Å². The first-order valence-electron chi connectivity index (χ1n) is 6.97. The topological polar surface area (TPSA) is 34.1 Å². The highest BCUT2D eigenvalue weighted by Crippen LogP contribution is 2.25. The van der Waals surface area contributed by atoms with Crippen LogP contribution in [0.2, 0.25) is 0 Å². The van der Waals surface area contributed by atoms with Crippen LogP contribution in [0.1, 0.15) is 22.3 Å². The largest absolute Gasteiger partial charge is 0.493 e. The number of aryl methyl sites for hydroxylation is 2. The van der Waals surface area contributed by atoms with E-state index in [0.717, 1.165) is 18.7 Å².